The summed E-state index contributed by atoms with van der Waals surface area (Å²) in [5.41, 5.74) is 5.69. The first-order chi connectivity index (χ1) is 16.6. The first-order valence-corrected chi connectivity index (χ1v) is 11.8. The Morgan fingerprint density at radius 3 is 2.74 bits per heavy atom. The second-order valence-corrected chi connectivity index (χ2v) is 8.79. The fourth-order valence-corrected chi connectivity index (χ4v) is 4.71. The van der Waals surface area contributed by atoms with E-state index in [0.717, 1.165) is 91.3 Å². The van der Waals surface area contributed by atoms with Crippen molar-refractivity contribution >= 4 is 16.6 Å². The van der Waals surface area contributed by atoms with Crippen LogP contribution in [0.4, 0.5) is 0 Å². The van der Waals surface area contributed by atoms with Gasteiger partial charge in [0.25, 0.3) is 0 Å². The molecule has 5 rings (SSSR count). The summed E-state index contributed by atoms with van der Waals surface area (Å²) < 4.78 is 12.7. The Morgan fingerprint density at radius 1 is 1.12 bits per heavy atom. The van der Waals surface area contributed by atoms with Crippen molar-refractivity contribution in [3.05, 3.63) is 64.1 Å². The van der Waals surface area contributed by atoms with Crippen LogP contribution in [0.2, 0.25) is 0 Å². The van der Waals surface area contributed by atoms with Crippen LogP contribution in [0.15, 0.2) is 47.3 Å². The van der Waals surface area contributed by atoms with E-state index in [1.807, 2.05) is 25.1 Å². The number of aromatic amines is 1. The van der Waals surface area contributed by atoms with Crippen LogP contribution in [0.1, 0.15) is 17.5 Å². The first-order valence-electron chi connectivity index (χ1n) is 11.8. The van der Waals surface area contributed by atoms with Crippen LogP contribution in [0.25, 0.3) is 27.7 Å². The average Bonchev–Trinajstić information content (AvgIpc) is 3.24. The topological polar surface area (TPSA) is 83.9 Å². The highest BCUT2D eigenvalue weighted by molar-refractivity contribution is 5.89. The SMILES string of the molecule is COc1ccc(-c2ccc3c(c2)c(C)cc2n[nH]c(=O)n23)cc1CNCCCN1CCOCC1. The number of aromatic nitrogens is 3. The van der Waals surface area contributed by atoms with Crippen LogP contribution in [0.3, 0.4) is 0 Å². The summed E-state index contributed by atoms with van der Waals surface area (Å²) in [6, 6.07) is 14.4. The highest BCUT2D eigenvalue weighted by atomic mass is 16.5. The fourth-order valence-electron chi connectivity index (χ4n) is 4.71. The smallest absolute Gasteiger partial charge is 0.348 e. The molecule has 3 heterocycles. The van der Waals surface area contributed by atoms with Crippen LogP contribution in [0.5, 0.6) is 5.75 Å². The second kappa shape index (κ2) is 9.97. The van der Waals surface area contributed by atoms with Gasteiger partial charge in [0.05, 0.1) is 25.8 Å². The lowest BCUT2D eigenvalue weighted by Gasteiger charge is -2.26. The molecule has 0 bridgehead atoms. The number of nitrogens with zero attached hydrogens (tertiary/aromatic N) is 3. The summed E-state index contributed by atoms with van der Waals surface area (Å²) >= 11 is 0. The molecule has 0 radical (unpaired) electrons. The molecule has 0 spiro atoms. The van der Waals surface area contributed by atoms with Crippen molar-refractivity contribution in [2.45, 2.75) is 19.9 Å². The summed E-state index contributed by atoms with van der Waals surface area (Å²) in [5.74, 6) is 0.882. The van der Waals surface area contributed by atoms with E-state index in [4.69, 9.17) is 9.47 Å². The molecule has 0 saturated carbocycles. The molecule has 0 unspecified atom stereocenters. The predicted octanol–water partition coefficient (Wildman–Crippen LogP) is 2.97. The van der Waals surface area contributed by atoms with Gasteiger partial charge in [0, 0.05) is 30.6 Å². The van der Waals surface area contributed by atoms with E-state index in [0.29, 0.717) is 5.65 Å². The Hall–Kier alpha value is -3.20. The minimum Gasteiger partial charge on any atom is -0.496 e. The van der Waals surface area contributed by atoms with Crippen LogP contribution < -0.4 is 15.7 Å². The Kier molecular flexibility index (Phi) is 6.62. The summed E-state index contributed by atoms with van der Waals surface area (Å²) in [6.45, 7) is 8.59. The van der Waals surface area contributed by atoms with E-state index in [1.165, 1.54) is 0 Å². The minimum absolute atomic E-state index is 0.223. The number of aryl methyl sites for hydroxylation is 1. The Bertz CT molecular complexity index is 1350. The van der Waals surface area contributed by atoms with E-state index in [9.17, 15) is 4.79 Å². The molecule has 4 aromatic rings. The minimum atomic E-state index is -0.223. The lowest BCUT2D eigenvalue weighted by molar-refractivity contribution is 0.0374. The summed E-state index contributed by atoms with van der Waals surface area (Å²) in [7, 11) is 1.71. The lowest BCUT2D eigenvalue weighted by Crippen LogP contribution is -2.37. The van der Waals surface area contributed by atoms with Crippen LogP contribution in [-0.4, -0.2) is 66.0 Å². The number of rotatable bonds is 8. The molecule has 34 heavy (non-hydrogen) atoms. The number of fused-ring (bicyclic) bond motifs is 3. The number of nitrogens with one attached hydrogen (secondary N) is 2. The quantitative estimate of drug-likeness (QED) is 0.393. The third-order valence-corrected chi connectivity index (χ3v) is 6.57. The Morgan fingerprint density at radius 2 is 1.91 bits per heavy atom. The standard InChI is InChI=1S/C26H31N5O3/c1-18-14-25-28-29-26(32)31(25)23-6-4-20(16-22(18)23)19-5-7-24(33-2)21(15-19)17-27-8-3-9-30-10-12-34-13-11-30/h4-7,14-16,27H,3,8-13,17H2,1-2H3,(H,29,32). The number of H-pyrrole nitrogens is 1. The highest BCUT2D eigenvalue weighted by Crippen LogP contribution is 2.30. The van der Waals surface area contributed by atoms with Gasteiger partial charge in [0.1, 0.15) is 5.75 Å². The van der Waals surface area contributed by atoms with Crippen LogP contribution in [0, 0.1) is 6.92 Å². The van der Waals surface area contributed by atoms with Crippen LogP contribution in [-0.2, 0) is 11.3 Å². The molecule has 2 aromatic heterocycles. The largest absolute Gasteiger partial charge is 0.496 e. The highest BCUT2D eigenvalue weighted by Gasteiger charge is 2.12. The zero-order valence-corrected chi connectivity index (χ0v) is 19.8. The van der Waals surface area contributed by atoms with Crippen molar-refractivity contribution in [3.8, 4) is 16.9 Å². The first kappa shape index (κ1) is 22.6. The van der Waals surface area contributed by atoms with Crippen molar-refractivity contribution in [3.63, 3.8) is 0 Å². The Labute approximate surface area is 198 Å². The normalized spacial score (nSPS) is 14.8. The average molecular weight is 462 g/mol. The molecule has 178 valence electrons. The van der Waals surface area contributed by atoms with Gasteiger partial charge in [-0.25, -0.2) is 14.3 Å². The number of hydrogen-bond donors (Lipinski definition) is 2. The molecule has 1 saturated heterocycles. The molecular formula is C26H31N5O3. The summed E-state index contributed by atoms with van der Waals surface area (Å²) in [6.07, 6.45) is 1.10. The number of methoxy groups -OCH3 is 1. The molecule has 0 atom stereocenters. The number of pyridine rings is 1. The van der Waals surface area contributed by atoms with Crippen LogP contribution >= 0.6 is 0 Å². The van der Waals surface area contributed by atoms with Crippen molar-refractivity contribution in [1.82, 2.24) is 24.8 Å². The fraction of sp³-hybridized carbons (Fsp3) is 0.385. The predicted molar refractivity (Wildman–Crippen MR) is 134 cm³/mol. The monoisotopic (exact) mass is 461 g/mol. The number of benzene rings is 2. The molecule has 0 aliphatic carbocycles. The Balaban J connectivity index is 1.34. The van der Waals surface area contributed by atoms with E-state index in [-0.39, 0.29) is 5.69 Å². The van der Waals surface area contributed by atoms with Crippen molar-refractivity contribution in [2.24, 2.45) is 0 Å². The molecule has 8 heteroatoms. The van der Waals surface area contributed by atoms with Crippen molar-refractivity contribution in [2.75, 3.05) is 46.5 Å². The van der Waals surface area contributed by atoms with Gasteiger partial charge in [-0.3, -0.25) is 4.90 Å². The van der Waals surface area contributed by atoms with Gasteiger partial charge < -0.3 is 14.8 Å². The molecule has 1 aliphatic rings. The molecule has 0 amide bonds. The van der Waals surface area contributed by atoms with Gasteiger partial charge in [-0.2, -0.15) is 5.10 Å². The third kappa shape index (κ3) is 4.57. The molecular weight excluding hydrogens is 430 g/mol. The molecule has 1 aliphatic heterocycles. The molecule has 8 nitrogen and oxygen atoms in total. The maximum atomic E-state index is 12.2. The lowest BCUT2D eigenvalue weighted by atomic mass is 9.99. The van der Waals surface area contributed by atoms with Gasteiger partial charge >= 0.3 is 5.69 Å². The van der Waals surface area contributed by atoms with E-state index in [2.05, 4.69) is 44.7 Å². The zero-order valence-electron chi connectivity index (χ0n) is 19.8. The van der Waals surface area contributed by atoms with Crippen molar-refractivity contribution in [1.29, 1.82) is 0 Å². The van der Waals surface area contributed by atoms with E-state index < -0.39 is 0 Å². The van der Waals surface area contributed by atoms with Gasteiger partial charge in [-0.05, 0) is 73.5 Å². The van der Waals surface area contributed by atoms with Gasteiger partial charge in [-0.1, -0.05) is 12.1 Å². The van der Waals surface area contributed by atoms with Gasteiger partial charge in [-0.15, -0.1) is 0 Å². The zero-order chi connectivity index (χ0) is 23.5. The van der Waals surface area contributed by atoms with E-state index >= 15 is 0 Å². The van der Waals surface area contributed by atoms with E-state index in [1.54, 1.807) is 11.5 Å². The summed E-state index contributed by atoms with van der Waals surface area (Å²) in [4.78, 5) is 14.7. The summed E-state index contributed by atoms with van der Waals surface area (Å²) in [5, 5.41) is 11.2. The van der Waals surface area contributed by atoms with Crippen molar-refractivity contribution < 1.29 is 9.47 Å². The maximum Gasteiger partial charge on any atom is 0.348 e. The number of hydrogen-bond acceptors (Lipinski definition) is 6. The third-order valence-electron chi connectivity index (χ3n) is 6.57. The molecule has 2 N–H and O–H groups in total. The van der Waals surface area contributed by atoms with Gasteiger partial charge in [0.2, 0.25) is 0 Å². The molecule has 2 aromatic carbocycles. The number of morpholine rings is 1. The second-order valence-electron chi connectivity index (χ2n) is 8.79. The van der Waals surface area contributed by atoms with Gasteiger partial charge in [0.15, 0.2) is 5.65 Å². The maximum absolute atomic E-state index is 12.2. The molecule has 1 fully saturated rings. The number of ether oxygens (including phenoxy) is 2.